The van der Waals surface area contributed by atoms with E-state index >= 15 is 0 Å². The fraction of sp³-hybridized carbons (Fsp3) is 0.300. The Labute approximate surface area is 88.8 Å². The highest BCUT2D eigenvalue weighted by Gasteiger charge is 2.06. The molecule has 0 radical (unpaired) electrons. The summed E-state index contributed by atoms with van der Waals surface area (Å²) in [5.41, 5.74) is 2.98. The van der Waals surface area contributed by atoms with Crippen LogP contribution in [0, 0.1) is 0 Å². The third-order valence-corrected chi connectivity index (χ3v) is 2.04. The highest BCUT2D eigenvalue weighted by molar-refractivity contribution is 5.80. The molecule has 0 spiro atoms. The zero-order chi connectivity index (χ0) is 11.3. The number of nitrogens with two attached hydrogens (primary N) is 1. The zero-order valence-corrected chi connectivity index (χ0v) is 8.86. The van der Waals surface area contributed by atoms with E-state index < -0.39 is 0 Å². The maximum absolute atomic E-state index is 11.0. The number of nitrogens with zero attached hydrogens (tertiary/aromatic N) is 1. The van der Waals surface area contributed by atoms with Crippen LogP contribution in [0.5, 0.6) is 5.75 Å². The van der Waals surface area contributed by atoms with Crippen LogP contribution in [0.4, 0.5) is 5.69 Å². The monoisotopic (exact) mass is 209 g/mol. The third kappa shape index (κ3) is 3.14. The number of likely N-dealkylation sites (N-methyl/N-ethyl adjacent to an activating group) is 1. The summed E-state index contributed by atoms with van der Waals surface area (Å²) in [6.07, 6.45) is 0. The number of hydrazine groups is 1. The third-order valence-electron chi connectivity index (χ3n) is 2.04. The van der Waals surface area contributed by atoms with Crippen molar-refractivity contribution in [3.63, 3.8) is 0 Å². The fourth-order valence-corrected chi connectivity index (χ4v) is 1.20. The maximum atomic E-state index is 11.0. The van der Waals surface area contributed by atoms with Gasteiger partial charge in [-0.15, -0.1) is 0 Å². The summed E-state index contributed by atoms with van der Waals surface area (Å²) >= 11 is 0. The second-order valence-corrected chi connectivity index (χ2v) is 3.13. The molecule has 1 aromatic carbocycles. The normalized spacial score (nSPS) is 9.53. The first-order valence-electron chi connectivity index (χ1n) is 4.52. The molecule has 5 nitrogen and oxygen atoms in total. The lowest BCUT2D eigenvalue weighted by molar-refractivity contribution is -0.119. The molecular weight excluding hydrogens is 194 g/mol. The average Bonchev–Trinajstić information content (AvgIpc) is 2.28. The highest BCUT2D eigenvalue weighted by Crippen LogP contribution is 2.19. The van der Waals surface area contributed by atoms with Gasteiger partial charge >= 0.3 is 0 Å². The summed E-state index contributed by atoms with van der Waals surface area (Å²) in [5, 5.41) is 0. The molecule has 0 saturated heterocycles. The van der Waals surface area contributed by atoms with Crippen molar-refractivity contribution in [2.45, 2.75) is 0 Å². The molecule has 0 bridgehead atoms. The van der Waals surface area contributed by atoms with E-state index in [1.807, 2.05) is 31.3 Å². The molecule has 82 valence electrons. The van der Waals surface area contributed by atoms with Gasteiger partial charge < -0.3 is 9.64 Å². The average molecular weight is 209 g/mol. The minimum absolute atomic E-state index is 0.212. The fourth-order valence-electron chi connectivity index (χ4n) is 1.20. The van der Waals surface area contributed by atoms with Crippen LogP contribution < -0.4 is 20.9 Å². The van der Waals surface area contributed by atoms with E-state index in [0.717, 1.165) is 11.4 Å². The number of ether oxygens (including phenoxy) is 1. The molecule has 0 atom stereocenters. The number of rotatable bonds is 4. The van der Waals surface area contributed by atoms with Crippen molar-refractivity contribution in [3.05, 3.63) is 24.3 Å². The van der Waals surface area contributed by atoms with Gasteiger partial charge in [-0.3, -0.25) is 10.2 Å². The number of hydrogen-bond donors (Lipinski definition) is 2. The van der Waals surface area contributed by atoms with Crippen molar-refractivity contribution in [1.82, 2.24) is 5.43 Å². The van der Waals surface area contributed by atoms with E-state index in [0.29, 0.717) is 0 Å². The topological polar surface area (TPSA) is 67.6 Å². The van der Waals surface area contributed by atoms with Crippen molar-refractivity contribution in [1.29, 1.82) is 0 Å². The minimum atomic E-state index is -0.236. The first-order chi connectivity index (χ1) is 7.17. The van der Waals surface area contributed by atoms with Gasteiger partial charge in [-0.25, -0.2) is 5.84 Å². The lowest BCUT2D eigenvalue weighted by Gasteiger charge is -2.18. The smallest absolute Gasteiger partial charge is 0.253 e. The molecule has 0 aliphatic carbocycles. The molecule has 1 aromatic rings. The summed E-state index contributed by atoms with van der Waals surface area (Å²) in [6, 6.07) is 7.46. The van der Waals surface area contributed by atoms with E-state index in [1.54, 1.807) is 12.0 Å². The van der Waals surface area contributed by atoms with E-state index in [9.17, 15) is 4.79 Å². The highest BCUT2D eigenvalue weighted by atomic mass is 16.5. The number of nitrogens with one attached hydrogen (secondary N) is 1. The molecule has 1 amide bonds. The lowest BCUT2D eigenvalue weighted by atomic mass is 10.3. The van der Waals surface area contributed by atoms with Crippen LogP contribution in [-0.4, -0.2) is 26.6 Å². The molecule has 1 rings (SSSR count). The second kappa shape index (κ2) is 5.21. The molecule has 0 aliphatic rings. The predicted octanol–water partition coefficient (Wildman–Crippen LogP) is 0.121. The molecule has 3 N–H and O–H groups in total. The molecule has 0 saturated carbocycles. The lowest BCUT2D eigenvalue weighted by Crippen LogP contribution is -2.38. The van der Waals surface area contributed by atoms with Gasteiger partial charge in [0.05, 0.1) is 13.7 Å². The number of anilines is 1. The van der Waals surface area contributed by atoms with Gasteiger partial charge in [0.25, 0.3) is 5.91 Å². The van der Waals surface area contributed by atoms with E-state index in [4.69, 9.17) is 10.6 Å². The Hall–Kier alpha value is -1.75. The standard InChI is InChI=1S/C10H15N3O2/c1-13(7-10(14)12-11)8-4-3-5-9(6-8)15-2/h3-6H,7,11H2,1-2H3,(H,12,14). The number of hydrogen-bond acceptors (Lipinski definition) is 4. The Morgan fingerprint density at radius 2 is 2.33 bits per heavy atom. The number of carbonyl (C=O) groups is 1. The zero-order valence-electron chi connectivity index (χ0n) is 8.86. The van der Waals surface area contributed by atoms with Crippen LogP contribution in [-0.2, 0) is 4.79 Å². The molecule has 5 heteroatoms. The molecule has 0 aromatic heterocycles. The molecule has 0 heterocycles. The molecule has 0 fully saturated rings. The van der Waals surface area contributed by atoms with E-state index in [2.05, 4.69) is 5.43 Å². The van der Waals surface area contributed by atoms with Gasteiger partial charge in [0, 0.05) is 18.8 Å². The van der Waals surface area contributed by atoms with Gasteiger partial charge in [-0.1, -0.05) is 6.07 Å². The summed E-state index contributed by atoms with van der Waals surface area (Å²) < 4.78 is 5.08. The van der Waals surface area contributed by atoms with Gasteiger partial charge in [-0.05, 0) is 12.1 Å². The van der Waals surface area contributed by atoms with Gasteiger partial charge in [0.2, 0.25) is 0 Å². The van der Waals surface area contributed by atoms with Crippen LogP contribution in [0.1, 0.15) is 0 Å². The van der Waals surface area contributed by atoms with Crippen LogP contribution >= 0.6 is 0 Å². The SMILES string of the molecule is COc1cccc(N(C)CC(=O)NN)c1. The molecular formula is C10H15N3O2. The Morgan fingerprint density at radius 1 is 1.60 bits per heavy atom. The first kappa shape index (κ1) is 11.3. The van der Waals surface area contributed by atoms with Crippen molar-refractivity contribution in [2.24, 2.45) is 5.84 Å². The number of benzene rings is 1. The van der Waals surface area contributed by atoms with E-state index in [1.165, 1.54) is 0 Å². The van der Waals surface area contributed by atoms with Crippen molar-refractivity contribution < 1.29 is 9.53 Å². The summed E-state index contributed by atoms with van der Waals surface area (Å²) in [6.45, 7) is 0.212. The Kier molecular flexibility index (Phi) is 3.93. The number of amides is 1. The Bertz CT molecular complexity index is 341. The first-order valence-corrected chi connectivity index (χ1v) is 4.52. The van der Waals surface area contributed by atoms with Gasteiger partial charge in [0.1, 0.15) is 5.75 Å². The van der Waals surface area contributed by atoms with Gasteiger partial charge in [-0.2, -0.15) is 0 Å². The summed E-state index contributed by atoms with van der Waals surface area (Å²) in [7, 11) is 3.41. The predicted molar refractivity (Wildman–Crippen MR) is 58.6 cm³/mol. The second-order valence-electron chi connectivity index (χ2n) is 3.13. The van der Waals surface area contributed by atoms with Crippen LogP contribution in [0.2, 0.25) is 0 Å². The Balaban J connectivity index is 2.72. The van der Waals surface area contributed by atoms with E-state index in [-0.39, 0.29) is 12.5 Å². The summed E-state index contributed by atoms with van der Waals surface area (Å²) in [5.74, 6) is 5.52. The summed E-state index contributed by atoms with van der Waals surface area (Å²) in [4.78, 5) is 12.8. The molecule has 0 aliphatic heterocycles. The van der Waals surface area contributed by atoms with Crippen molar-refractivity contribution in [2.75, 3.05) is 25.6 Å². The minimum Gasteiger partial charge on any atom is -0.497 e. The largest absolute Gasteiger partial charge is 0.497 e. The quantitative estimate of drug-likeness (QED) is 0.420. The van der Waals surface area contributed by atoms with Crippen LogP contribution in [0.25, 0.3) is 0 Å². The molecule has 0 unspecified atom stereocenters. The Morgan fingerprint density at radius 3 is 2.93 bits per heavy atom. The maximum Gasteiger partial charge on any atom is 0.253 e. The van der Waals surface area contributed by atoms with Gasteiger partial charge in [0.15, 0.2) is 0 Å². The number of carbonyl (C=O) groups excluding carboxylic acids is 1. The van der Waals surface area contributed by atoms with Crippen molar-refractivity contribution in [3.8, 4) is 5.75 Å². The van der Waals surface area contributed by atoms with Crippen LogP contribution in [0.15, 0.2) is 24.3 Å². The van der Waals surface area contributed by atoms with Crippen molar-refractivity contribution >= 4 is 11.6 Å². The molecule has 15 heavy (non-hydrogen) atoms. The number of methoxy groups -OCH3 is 1. The van der Waals surface area contributed by atoms with Crippen LogP contribution in [0.3, 0.4) is 0 Å².